The summed E-state index contributed by atoms with van der Waals surface area (Å²) < 4.78 is 11.3. The zero-order valence-corrected chi connectivity index (χ0v) is 13.6. The van der Waals surface area contributed by atoms with Crippen LogP contribution in [0.3, 0.4) is 0 Å². The average molecular weight is 299 g/mol. The molecule has 0 aromatic heterocycles. The minimum Gasteiger partial charge on any atom is -0.378 e. The van der Waals surface area contributed by atoms with Crippen molar-refractivity contribution in [2.45, 2.75) is 44.9 Å². The van der Waals surface area contributed by atoms with Crippen LogP contribution < -0.4 is 11.1 Å². The van der Waals surface area contributed by atoms with Crippen LogP contribution in [0.25, 0.3) is 0 Å². The molecule has 0 aromatic carbocycles. The molecule has 1 heterocycles. The van der Waals surface area contributed by atoms with Gasteiger partial charge >= 0.3 is 0 Å². The second-order valence-electron chi connectivity index (χ2n) is 6.81. The number of likely N-dealkylation sites (N-methyl/N-ethyl adjacent to an activating group) is 1. The van der Waals surface area contributed by atoms with E-state index in [2.05, 4.69) is 17.3 Å². The van der Waals surface area contributed by atoms with Gasteiger partial charge in [0.25, 0.3) is 0 Å². The summed E-state index contributed by atoms with van der Waals surface area (Å²) in [5.74, 6) is -0.0970. The lowest BCUT2D eigenvalue weighted by Crippen LogP contribution is -2.76. The van der Waals surface area contributed by atoms with Crippen molar-refractivity contribution in [1.82, 2.24) is 10.2 Å². The molecule has 1 aliphatic carbocycles. The smallest absolute Gasteiger partial charge is 0.240 e. The molecule has 3 N–H and O–H groups in total. The van der Waals surface area contributed by atoms with Crippen LogP contribution in [0.5, 0.6) is 0 Å². The summed E-state index contributed by atoms with van der Waals surface area (Å²) in [6.07, 6.45) is 0.669. The van der Waals surface area contributed by atoms with Gasteiger partial charge in [0.15, 0.2) is 0 Å². The Bertz CT molecular complexity index is 388. The largest absolute Gasteiger partial charge is 0.378 e. The van der Waals surface area contributed by atoms with Crippen molar-refractivity contribution in [1.29, 1.82) is 0 Å². The zero-order chi connectivity index (χ0) is 15.7. The van der Waals surface area contributed by atoms with Crippen LogP contribution >= 0.6 is 0 Å². The molecule has 122 valence electrons. The fourth-order valence-corrected chi connectivity index (χ4v) is 3.18. The number of ether oxygens (including phenoxy) is 2. The molecule has 3 atom stereocenters. The van der Waals surface area contributed by atoms with E-state index in [4.69, 9.17) is 15.2 Å². The maximum atomic E-state index is 12.5. The predicted molar refractivity (Wildman–Crippen MR) is 81.0 cm³/mol. The first-order valence-electron chi connectivity index (χ1n) is 7.80. The van der Waals surface area contributed by atoms with Gasteiger partial charge in [-0.1, -0.05) is 13.8 Å². The van der Waals surface area contributed by atoms with E-state index in [9.17, 15) is 4.79 Å². The monoisotopic (exact) mass is 299 g/mol. The second kappa shape index (κ2) is 6.20. The number of nitrogens with zero attached hydrogens (tertiary/aromatic N) is 1. The quantitative estimate of drug-likeness (QED) is 0.745. The van der Waals surface area contributed by atoms with E-state index in [0.29, 0.717) is 26.2 Å². The Morgan fingerprint density at radius 3 is 2.81 bits per heavy atom. The van der Waals surface area contributed by atoms with Crippen LogP contribution in [-0.2, 0) is 14.3 Å². The van der Waals surface area contributed by atoms with Gasteiger partial charge in [-0.05, 0) is 14.0 Å². The van der Waals surface area contributed by atoms with E-state index < -0.39 is 5.54 Å². The highest BCUT2D eigenvalue weighted by atomic mass is 16.5. The molecule has 2 rings (SSSR count). The van der Waals surface area contributed by atoms with E-state index in [1.807, 2.05) is 20.8 Å². The molecule has 0 spiro atoms. The molecular weight excluding hydrogens is 270 g/mol. The number of rotatable bonds is 5. The van der Waals surface area contributed by atoms with Gasteiger partial charge in [-0.25, -0.2) is 0 Å². The third-order valence-electron chi connectivity index (χ3n) is 5.07. The van der Waals surface area contributed by atoms with Crippen molar-refractivity contribution in [3.63, 3.8) is 0 Å². The van der Waals surface area contributed by atoms with Crippen molar-refractivity contribution < 1.29 is 14.3 Å². The van der Waals surface area contributed by atoms with Crippen molar-refractivity contribution >= 4 is 5.91 Å². The van der Waals surface area contributed by atoms with Crippen molar-refractivity contribution in [2.24, 2.45) is 11.1 Å². The summed E-state index contributed by atoms with van der Waals surface area (Å²) >= 11 is 0. The van der Waals surface area contributed by atoms with Gasteiger partial charge in [-0.2, -0.15) is 0 Å². The molecule has 6 heteroatoms. The number of hydrogen-bond acceptors (Lipinski definition) is 5. The van der Waals surface area contributed by atoms with Gasteiger partial charge in [0.05, 0.1) is 18.8 Å². The molecule has 0 bridgehead atoms. The number of carbonyl (C=O) groups is 1. The predicted octanol–water partition coefficient (Wildman–Crippen LogP) is -0.0343. The van der Waals surface area contributed by atoms with Crippen LogP contribution in [0.1, 0.15) is 27.2 Å². The maximum absolute atomic E-state index is 12.5. The zero-order valence-electron chi connectivity index (χ0n) is 13.6. The molecule has 1 saturated heterocycles. The molecule has 3 unspecified atom stereocenters. The van der Waals surface area contributed by atoms with E-state index in [1.165, 1.54) is 0 Å². The SMILES string of the molecule is CCOC1CC(N)(C(=O)NCC2CN(C)CCO2)C1(C)C. The number of morpholine rings is 1. The summed E-state index contributed by atoms with van der Waals surface area (Å²) in [6, 6.07) is 0. The minimum absolute atomic E-state index is 0.0437. The van der Waals surface area contributed by atoms with Gasteiger partial charge in [0.2, 0.25) is 5.91 Å². The Morgan fingerprint density at radius 1 is 1.52 bits per heavy atom. The van der Waals surface area contributed by atoms with Gasteiger partial charge in [-0.15, -0.1) is 0 Å². The third kappa shape index (κ3) is 3.08. The van der Waals surface area contributed by atoms with E-state index in [1.54, 1.807) is 0 Å². The average Bonchev–Trinajstić information content (AvgIpc) is 2.44. The first-order valence-corrected chi connectivity index (χ1v) is 7.80. The molecule has 0 radical (unpaired) electrons. The number of nitrogens with two attached hydrogens (primary N) is 1. The molecule has 0 aromatic rings. The van der Waals surface area contributed by atoms with E-state index >= 15 is 0 Å². The Kier molecular flexibility index (Phi) is 4.92. The fraction of sp³-hybridized carbons (Fsp3) is 0.933. The summed E-state index contributed by atoms with van der Waals surface area (Å²) in [5, 5.41) is 2.96. The number of carbonyl (C=O) groups excluding carboxylic acids is 1. The summed E-state index contributed by atoms with van der Waals surface area (Å²) in [6.45, 7) is 9.61. The fourth-order valence-electron chi connectivity index (χ4n) is 3.18. The van der Waals surface area contributed by atoms with Gasteiger partial charge in [-0.3, -0.25) is 4.79 Å². The Labute approximate surface area is 127 Å². The normalized spacial score (nSPS) is 36.0. The van der Waals surface area contributed by atoms with Crippen LogP contribution in [0.2, 0.25) is 0 Å². The highest BCUT2D eigenvalue weighted by molar-refractivity contribution is 5.88. The Balaban J connectivity index is 1.86. The topological polar surface area (TPSA) is 76.8 Å². The van der Waals surface area contributed by atoms with Crippen LogP contribution in [0.4, 0.5) is 0 Å². The maximum Gasteiger partial charge on any atom is 0.240 e. The highest BCUT2D eigenvalue weighted by Gasteiger charge is 2.62. The van der Waals surface area contributed by atoms with Crippen LogP contribution in [-0.4, -0.2) is 68.4 Å². The standard InChI is InChI=1S/C15H29N3O3/c1-5-20-12-8-15(16,14(12,2)3)13(19)17-9-11-10-18(4)6-7-21-11/h11-12H,5-10,16H2,1-4H3,(H,17,19). The third-order valence-corrected chi connectivity index (χ3v) is 5.07. The Morgan fingerprint density at radius 2 is 2.24 bits per heavy atom. The van der Waals surface area contributed by atoms with Crippen molar-refractivity contribution in [3.05, 3.63) is 0 Å². The van der Waals surface area contributed by atoms with Gasteiger partial charge < -0.3 is 25.4 Å². The number of nitrogens with one attached hydrogen (secondary N) is 1. The highest BCUT2D eigenvalue weighted by Crippen LogP contribution is 2.49. The molecule has 1 saturated carbocycles. The first-order chi connectivity index (χ1) is 9.81. The molecular formula is C15H29N3O3. The summed E-state index contributed by atoms with van der Waals surface area (Å²) in [4.78, 5) is 14.7. The molecule has 21 heavy (non-hydrogen) atoms. The van der Waals surface area contributed by atoms with Crippen molar-refractivity contribution in [2.75, 3.05) is 39.9 Å². The number of hydrogen-bond donors (Lipinski definition) is 2. The van der Waals surface area contributed by atoms with E-state index in [0.717, 1.165) is 13.1 Å². The molecule has 2 fully saturated rings. The second-order valence-corrected chi connectivity index (χ2v) is 6.81. The van der Waals surface area contributed by atoms with E-state index in [-0.39, 0.29) is 23.5 Å². The Hall–Kier alpha value is -0.690. The molecule has 1 amide bonds. The van der Waals surface area contributed by atoms with Crippen LogP contribution in [0, 0.1) is 5.41 Å². The molecule has 2 aliphatic rings. The number of amides is 1. The lowest BCUT2D eigenvalue weighted by Gasteiger charge is -2.57. The van der Waals surface area contributed by atoms with Crippen LogP contribution in [0.15, 0.2) is 0 Å². The lowest BCUT2D eigenvalue weighted by molar-refractivity contribution is -0.171. The van der Waals surface area contributed by atoms with Gasteiger partial charge in [0, 0.05) is 38.1 Å². The van der Waals surface area contributed by atoms with Gasteiger partial charge in [0.1, 0.15) is 5.54 Å². The van der Waals surface area contributed by atoms with Crippen molar-refractivity contribution in [3.8, 4) is 0 Å². The molecule has 6 nitrogen and oxygen atoms in total. The summed E-state index contributed by atoms with van der Waals surface area (Å²) in [7, 11) is 2.06. The minimum atomic E-state index is -0.854. The lowest BCUT2D eigenvalue weighted by atomic mass is 9.54. The first kappa shape index (κ1) is 16.7. The summed E-state index contributed by atoms with van der Waals surface area (Å²) in [5.41, 5.74) is 5.14. The molecule has 1 aliphatic heterocycles.